The van der Waals surface area contributed by atoms with Gasteiger partial charge in [0.25, 0.3) is 0 Å². The lowest BCUT2D eigenvalue weighted by molar-refractivity contribution is -0.128. The third-order valence-electron chi connectivity index (χ3n) is 9.03. The van der Waals surface area contributed by atoms with Crippen molar-refractivity contribution in [2.45, 2.75) is 64.0 Å². The number of hydrogen-bond acceptors (Lipinski definition) is 4. The fraction of sp³-hybridized carbons (Fsp3) is 0.586. The highest BCUT2D eigenvalue weighted by Crippen LogP contribution is 2.57. The van der Waals surface area contributed by atoms with Crippen molar-refractivity contribution in [1.29, 1.82) is 0 Å². The minimum absolute atomic E-state index is 0.0985. The van der Waals surface area contributed by atoms with E-state index in [2.05, 4.69) is 40.0 Å². The number of carbonyl (C=O) groups excluding carboxylic acids is 1. The molecule has 35 heavy (non-hydrogen) atoms. The number of rotatable bonds is 6. The van der Waals surface area contributed by atoms with Gasteiger partial charge in [-0.05, 0) is 81.0 Å². The molecule has 1 aromatic heterocycles. The first-order chi connectivity index (χ1) is 16.9. The number of nitrogens with zero attached hydrogens (tertiary/aromatic N) is 3. The minimum atomic E-state index is -0.238. The lowest BCUT2D eigenvalue weighted by atomic mass is 9.69. The summed E-state index contributed by atoms with van der Waals surface area (Å²) in [5.74, 6) is 2.42. The third kappa shape index (κ3) is 4.24. The van der Waals surface area contributed by atoms with E-state index in [0.717, 1.165) is 79.8 Å². The Morgan fingerprint density at radius 2 is 2.06 bits per heavy atom. The molecule has 6 heteroatoms. The van der Waals surface area contributed by atoms with Gasteiger partial charge in [-0.3, -0.25) is 14.7 Å². The van der Waals surface area contributed by atoms with E-state index in [0.29, 0.717) is 0 Å². The molecule has 5 atom stereocenters. The highest BCUT2D eigenvalue weighted by Gasteiger charge is 2.49. The average Bonchev–Trinajstić information content (AvgIpc) is 3.10. The third-order valence-corrected chi connectivity index (χ3v) is 9.03. The molecule has 2 heterocycles. The second kappa shape index (κ2) is 8.88. The van der Waals surface area contributed by atoms with Crippen molar-refractivity contribution < 1.29 is 9.18 Å². The SMILES string of the molecule is CCCC(C(=O)N[C@]1(C)C=C2CC3CC(CC23)C1)N1CCN(c2ccnc3ccc(F)cc23)CC1. The molecule has 2 aromatic rings. The monoisotopic (exact) mass is 476 g/mol. The quantitative estimate of drug-likeness (QED) is 0.602. The molecule has 1 aromatic carbocycles. The fourth-order valence-corrected chi connectivity index (χ4v) is 7.47. The van der Waals surface area contributed by atoms with E-state index in [4.69, 9.17) is 0 Å². The molecule has 2 saturated carbocycles. The molecule has 4 unspecified atom stereocenters. The summed E-state index contributed by atoms with van der Waals surface area (Å²) in [6.07, 6.45) is 11.1. The molecule has 5 nitrogen and oxygen atoms in total. The van der Waals surface area contributed by atoms with Crippen LogP contribution in [-0.2, 0) is 4.79 Å². The van der Waals surface area contributed by atoms with Crippen LogP contribution in [0.1, 0.15) is 52.4 Å². The van der Waals surface area contributed by atoms with E-state index in [1.165, 1.54) is 25.3 Å². The first-order valence-corrected chi connectivity index (χ1v) is 13.5. The molecule has 0 spiro atoms. The van der Waals surface area contributed by atoms with Crippen LogP contribution in [0.4, 0.5) is 10.1 Å². The summed E-state index contributed by atoms with van der Waals surface area (Å²) >= 11 is 0. The van der Waals surface area contributed by atoms with E-state index in [-0.39, 0.29) is 23.3 Å². The number of pyridine rings is 1. The Balaban J connectivity index is 1.15. The summed E-state index contributed by atoms with van der Waals surface area (Å²) in [6, 6.07) is 6.66. The van der Waals surface area contributed by atoms with E-state index < -0.39 is 0 Å². The first kappa shape index (κ1) is 23.0. The zero-order chi connectivity index (χ0) is 24.2. The Morgan fingerprint density at radius 1 is 1.23 bits per heavy atom. The number of carbonyl (C=O) groups is 1. The maximum Gasteiger partial charge on any atom is 0.238 e. The summed E-state index contributed by atoms with van der Waals surface area (Å²) in [5.41, 5.74) is 3.22. The fourth-order valence-electron chi connectivity index (χ4n) is 7.47. The van der Waals surface area contributed by atoms with E-state index in [1.807, 2.05) is 6.07 Å². The van der Waals surface area contributed by atoms with E-state index in [9.17, 15) is 9.18 Å². The van der Waals surface area contributed by atoms with Gasteiger partial charge >= 0.3 is 0 Å². The van der Waals surface area contributed by atoms with Crippen LogP contribution < -0.4 is 10.2 Å². The van der Waals surface area contributed by atoms with Gasteiger partial charge in [0, 0.05) is 43.4 Å². The van der Waals surface area contributed by atoms with Crippen LogP contribution >= 0.6 is 0 Å². The zero-order valence-electron chi connectivity index (χ0n) is 21.0. The predicted octanol–water partition coefficient (Wildman–Crippen LogP) is 4.92. The number of fused-ring (bicyclic) bond motifs is 2. The molecule has 186 valence electrons. The van der Waals surface area contributed by atoms with Crippen LogP contribution in [0, 0.1) is 23.6 Å². The van der Waals surface area contributed by atoms with Crippen molar-refractivity contribution in [3.63, 3.8) is 0 Å². The number of benzene rings is 1. The van der Waals surface area contributed by atoms with E-state index in [1.54, 1.807) is 23.9 Å². The van der Waals surface area contributed by atoms with E-state index >= 15 is 0 Å². The second-order valence-electron chi connectivity index (χ2n) is 11.6. The minimum Gasteiger partial charge on any atom is -0.368 e. The number of allylic oxidation sites excluding steroid dienone is 1. The van der Waals surface area contributed by atoms with Crippen LogP contribution in [0.2, 0.25) is 0 Å². The normalized spacial score (nSPS) is 31.0. The molecule has 1 aliphatic heterocycles. The molecule has 0 radical (unpaired) electrons. The number of hydrogen-bond donors (Lipinski definition) is 1. The molecule has 6 rings (SSSR count). The van der Waals surface area contributed by atoms with Gasteiger partial charge in [0.15, 0.2) is 0 Å². The van der Waals surface area contributed by atoms with Crippen LogP contribution in [0.25, 0.3) is 10.9 Å². The number of amides is 1. The molecule has 1 amide bonds. The van der Waals surface area contributed by atoms with Gasteiger partial charge < -0.3 is 10.2 Å². The second-order valence-corrected chi connectivity index (χ2v) is 11.6. The molecular weight excluding hydrogens is 439 g/mol. The van der Waals surface area contributed by atoms with Crippen LogP contribution in [0.15, 0.2) is 42.1 Å². The summed E-state index contributed by atoms with van der Waals surface area (Å²) in [5, 5.41) is 4.36. The molecular formula is C29H37FN4O. The Morgan fingerprint density at radius 3 is 2.86 bits per heavy atom. The highest BCUT2D eigenvalue weighted by atomic mass is 19.1. The maximum absolute atomic E-state index is 13.9. The van der Waals surface area contributed by atoms with Gasteiger partial charge in [0.05, 0.1) is 17.1 Å². The van der Waals surface area contributed by atoms with Gasteiger partial charge in [0.1, 0.15) is 5.82 Å². The predicted molar refractivity (Wildman–Crippen MR) is 138 cm³/mol. The lowest BCUT2D eigenvalue weighted by Crippen LogP contribution is -2.58. The summed E-state index contributed by atoms with van der Waals surface area (Å²) in [7, 11) is 0. The van der Waals surface area contributed by atoms with Gasteiger partial charge in [-0.1, -0.05) is 25.0 Å². The number of nitrogens with one attached hydrogen (secondary N) is 1. The largest absolute Gasteiger partial charge is 0.368 e. The van der Waals surface area contributed by atoms with Gasteiger partial charge in [-0.25, -0.2) is 4.39 Å². The van der Waals surface area contributed by atoms with Gasteiger partial charge in [0.2, 0.25) is 5.91 Å². The van der Waals surface area contributed by atoms with Crippen LogP contribution in [0.5, 0.6) is 0 Å². The summed E-state index contributed by atoms with van der Waals surface area (Å²) < 4.78 is 13.9. The smallest absolute Gasteiger partial charge is 0.238 e. The average molecular weight is 477 g/mol. The number of piperazine rings is 1. The van der Waals surface area contributed by atoms with Crippen molar-refractivity contribution in [3.8, 4) is 0 Å². The Labute approximate surface area is 207 Å². The van der Waals surface area contributed by atoms with Crippen molar-refractivity contribution in [1.82, 2.24) is 15.2 Å². The van der Waals surface area contributed by atoms with Gasteiger partial charge in [-0.15, -0.1) is 0 Å². The van der Waals surface area contributed by atoms with Crippen molar-refractivity contribution in [2.24, 2.45) is 17.8 Å². The Kier molecular flexibility index (Phi) is 5.82. The first-order valence-electron chi connectivity index (χ1n) is 13.5. The number of halogens is 1. The summed E-state index contributed by atoms with van der Waals surface area (Å²) in [6.45, 7) is 7.67. The molecule has 3 fully saturated rings. The molecule has 3 aliphatic carbocycles. The molecule has 1 N–H and O–H groups in total. The van der Waals surface area contributed by atoms with Crippen LogP contribution in [-0.4, -0.2) is 53.6 Å². The van der Waals surface area contributed by atoms with Gasteiger partial charge in [-0.2, -0.15) is 0 Å². The lowest BCUT2D eigenvalue weighted by Gasteiger charge is -2.42. The molecule has 1 saturated heterocycles. The Bertz CT molecular complexity index is 1160. The van der Waals surface area contributed by atoms with Crippen LogP contribution in [0.3, 0.4) is 0 Å². The standard InChI is InChI=1S/C29H37FN4O/c1-3-4-27(28(35)32-29(2)17-19-13-20-15-21(18-29)23(20)14-19)34-11-9-33(10-12-34)26-7-8-31-25-6-5-22(30)16-24(25)26/h5-8,16,18-20,23,27H,3-4,9-15,17H2,1-2H3,(H,32,35)/t19?,20?,23?,27?,29-/m0/s1. The topological polar surface area (TPSA) is 48.5 Å². The molecule has 2 bridgehead atoms. The molecule has 4 aliphatic rings. The number of anilines is 1. The summed E-state index contributed by atoms with van der Waals surface area (Å²) in [4.78, 5) is 22.7. The Hall–Kier alpha value is -2.47. The van der Waals surface area contributed by atoms with Crippen molar-refractivity contribution in [2.75, 3.05) is 31.1 Å². The number of aromatic nitrogens is 1. The highest BCUT2D eigenvalue weighted by molar-refractivity contribution is 5.91. The van der Waals surface area contributed by atoms with Crippen molar-refractivity contribution >= 4 is 22.5 Å². The zero-order valence-corrected chi connectivity index (χ0v) is 21.0. The van der Waals surface area contributed by atoms with Crippen molar-refractivity contribution in [3.05, 3.63) is 47.9 Å². The maximum atomic E-state index is 13.9.